The minimum absolute atomic E-state index is 0.0735. The van der Waals surface area contributed by atoms with Crippen molar-refractivity contribution < 1.29 is 19.0 Å². The van der Waals surface area contributed by atoms with Crippen LogP contribution < -0.4 is 14.2 Å². The van der Waals surface area contributed by atoms with E-state index in [1.807, 2.05) is 25.1 Å². The zero-order chi connectivity index (χ0) is 21.1. The summed E-state index contributed by atoms with van der Waals surface area (Å²) in [7, 11) is 0. The fraction of sp³-hybridized carbons (Fsp3) is 0.320. The Labute approximate surface area is 173 Å². The molecule has 0 bridgehead atoms. The predicted octanol–water partition coefficient (Wildman–Crippen LogP) is 6.03. The van der Waals surface area contributed by atoms with Crippen LogP contribution in [0.25, 0.3) is 6.08 Å². The number of carbonyl (C=O) groups is 1. The highest BCUT2D eigenvalue weighted by Crippen LogP contribution is 2.30. The van der Waals surface area contributed by atoms with Crippen LogP contribution in [0.1, 0.15) is 48.2 Å². The molecule has 0 saturated heterocycles. The van der Waals surface area contributed by atoms with Crippen molar-refractivity contribution in [3.8, 4) is 17.2 Å². The van der Waals surface area contributed by atoms with Gasteiger partial charge in [0.1, 0.15) is 23.9 Å². The standard InChI is InChI=1S/C25H30O4/c1-5-14-27-22-11-8-20(9-12-22)24(26)13-10-21-17-23(28-15-6-2)18-25(19(21)4)29-16-7-3/h5,8-13,17-18H,1,6-7,14-16H2,2-4H3/b13-10+. The summed E-state index contributed by atoms with van der Waals surface area (Å²) in [5.74, 6) is 2.17. The first-order chi connectivity index (χ1) is 14.1. The number of hydrogen-bond acceptors (Lipinski definition) is 4. The molecule has 0 aliphatic rings. The van der Waals surface area contributed by atoms with Crippen molar-refractivity contribution in [3.63, 3.8) is 0 Å². The lowest BCUT2D eigenvalue weighted by molar-refractivity contribution is 0.104. The predicted molar refractivity (Wildman–Crippen MR) is 118 cm³/mol. The Kier molecular flexibility index (Phi) is 9.03. The van der Waals surface area contributed by atoms with Gasteiger partial charge in [-0.15, -0.1) is 0 Å². The monoisotopic (exact) mass is 394 g/mol. The molecule has 0 aromatic heterocycles. The lowest BCUT2D eigenvalue weighted by Crippen LogP contribution is -2.01. The first-order valence-corrected chi connectivity index (χ1v) is 10.0. The summed E-state index contributed by atoms with van der Waals surface area (Å²) in [6.07, 6.45) is 6.93. The first kappa shape index (κ1) is 22.3. The molecular formula is C25H30O4. The minimum atomic E-state index is -0.0735. The van der Waals surface area contributed by atoms with E-state index in [0.29, 0.717) is 31.1 Å². The number of ether oxygens (including phenoxy) is 3. The van der Waals surface area contributed by atoms with Crippen LogP contribution in [0.2, 0.25) is 0 Å². The summed E-state index contributed by atoms with van der Waals surface area (Å²) in [4.78, 5) is 12.6. The molecule has 4 heteroatoms. The fourth-order valence-corrected chi connectivity index (χ4v) is 2.65. The van der Waals surface area contributed by atoms with E-state index in [-0.39, 0.29) is 5.78 Å². The Morgan fingerprint density at radius 3 is 2.31 bits per heavy atom. The number of hydrogen-bond donors (Lipinski definition) is 0. The van der Waals surface area contributed by atoms with Gasteiger partial charge in [-0.2, -0.15) is 0 Å². The van der Waals surface area contributed by atoms with Gasteiger partial charge >= 0.3 is 0 Å². The fourth-order valence-electron chi connectivity index (χ4n) is 2.65. The van der Waals surface area contributed by atoms with Crippen LogP contribution in [-0.4, -0.2) is 25.6 Å². The van der Waals surface area contributed by atoms with Crippen molar-refractivity contribution in [1.29, 1.82) is 0 Å². The Hall–Kier alpha value is -3.01. The molecule has 0 fully saturated rings. The maximum absolute atomic E-state index is 12.6. The van der Waals surface area contributed by atoms with Gasteiger partial charge in [-0.3, -0.25) is 4.79 Å². The summed E-state index contributed by atoms with van der Waals surface area (Å²) in [6, 6.07) is 10.9. The van der Waals surface area contributed by atoms with E-state index in [1.54, 1.807) is 36.4 Å². The van der Waals surface area contributed by atoms with Crippen LogP contribution in [0.4, 0.5) is 0 Å². The highest BCUT2D eigenvalue weighted by atomic mass is 16.5. The summed E-state index contributed by atoms with van der Waals surface area (Å²) in [5.41, 5.74) is 2.49. The highest BCUT2D eigenvalue weighted by molar-refractivity contribution is 6.07. The molecule has 2 aromatic carbocycles. The number of allylic oxidation sites excluding steroid dienone is 1. The number of ketones is 1. The molecule has 0 heterocycles. The minimum Gasteiger partial charge on any atom is -0.493 e. The van der Waals surface area contributed by atoms with Gasteiger partial charge in [-0.25, -0.2) is 0 Å². The molecule has 0 aliphatic carbocycles. The summed E-state index contributed by atoms with van der Waals surface area (Å²) < 4.78 is 17.1. The van der Waals surface area contributed by atoms with Gasteiger partial charge in [-0.1, -0.05) is 32.6 Å². The Balaban J connectivity index is 2.20. The summed E-state index contributed by atoms with van der Waals surface area (Å²) >= 11 is 0. The molecule has 0 unspecified atom stereocenters. The van der Waals surface area contributed by atoms with Crippen LogP contribution in [0.15, 0.2) is 55.1 Å². The number of rotatable bonds is 12. The third kappa shape index (κ3) is 6.83. The second-order valence-electron chi connectivity index (χ2n) is 6.65. The highest BCUT2D eigenvalue weighted by Gasteiger charge is 2.09. The van der Waals surface area contributed by atoms with E-state index in [2.05, 4.69) is 20.4 Å². The normalized spacial score (nSPS) is 10.7. The molecular weight excluding hydrogens is 364 g/mol. The molecule has 2 aromatic rings. The van der Waals surface area contributed by atoms with Gasteiger partial charge in [0.15, 0.2) is 5.78 Å². The van der Waals surface area contributed by atoms with Crippen molar-refractivity contribution >= 4 is 11.9 Å². The maximum atomic E-state index is 12.6. The van der Waals surface area contributed by atoms with Gasteiger partial charge in [0.05, 0.1) is 13.2 Å². The molecule has 0 aliphatic heterocycles. The van der Waals surface area contributed by atoms with E-state index in [9.17, 15) is 4.79 Å². The third-order valence-electron chi connectivity index (χ3n) is 4.23. The number of benzene rings is 2. The molecule has 2 rings (SSSR count). The van der Waals surface area contributed by atoms with Gasteiger partial charge in [0, 0.05) is 11.6 Å². The van der Waals surface area contributed by atoms with Crippen LogP contribution in [0.3, 0.4) is 0 Å². The zero-order valence-corrected chi connectivity index (χ0v) is 17.6. The summed E-state index contributed by atoms with van der Waals surface area (Å²) in [5, 5.41) is 0. The van der Waals surface area contributed by atoms with E-state index in [0.717, 1.165) is 35.5 Å². The Morgan fingerprint density at radius 1 is 0.966 bits per heavy atom. The zero-order valence-electron chi connectivity index (χ0n) is 17.6. The average Bonchev–Trinajstić information content (AvgIpc) is 2.75. The van der Waals surface area contributed by atoms with Gasteiger partial charge in [-0.05, 0) is 67.3 Å². The third-order valence-corrected chi connectivity index (χ3v) is 4.23. The quantitative estimate of drug-likeness (QED) is 0.250. The molecule has 29 heavy (non-hydrogen) atoms. The maximum Gasteiger partial charge on any atom is 0.185 e. The van der Waals surface area contributed by atoms with Crippen LogP contribution in [0.5, 0.6) is 17.2 Å². The smallest absolute Gasteiger partial charge is 0.185 e. The molecule has 0 amide bonds. The first-order valence-electron chi connectivity index (χ1n) is 10.0. The second kappa shape index (κ2) is 11.7. The van der Waals surface area contributed by atoms with E-state index < -0.39 is 0 Å². The van der Waals surface area contributed by atoms with Crippen LogP contribution in [-0.2, 0) is 0 Å². The van der Waals surface area contributed by atoms with Gasteiger partial charge in [0.25, 0.3) is 0 Å². The molecule has 0 radical (unpaired) electrons. The lowest BCUT2D eigenvalue weighted by atomic mass is 10.0. The van der Waals surface area contributed by atoms with E-state index in [4.69, 9.17) is 14.2 Å². The molecule has 154 valence electrons. The van der Waals surface area contributed by atoms with Gasteiger partial charge in [0.2, 0.25) is 0 Å². The molecule has 0 N–H and O–H groups in total. The van der Waals surface area contributed by atoms with Crippen molar-refractivity contribution in [3.05, 3.63) is 71.8 Å². The van der Waals surface area contributed by atoms with Crippen molar-refractivity contribution in [2.24, 2.45) is 0 Å². The SMILES string of the molecule is C=CCOc1ccc(C(=O)/C=C/c2cc(OCCC)cc(OCCC)c2C)cc1. The average molecular weight is 395 g/mol. The second-order valence-corrected chi connectivity index (χ2v) is 6.65. The van der Waals surface area contributed by atoms with E-state index >= 15 is 0 Å². The van der Waals surface area contributed by atoms with Gasteiger partial charge < -0.3 is 14.2 Å². The van der Waals surface area contributed by atoms with Crippen LogP contribution >= 0.6 is 0 Å². The largest absolute Gasteiger partial charge is 0.493 e. The number of carbonyl (C=O) groups excluding carboxylic acids is 1. The molecule has 0 spiro atoms. The molecule has 0 atom stereocenters. The Bertz CT molecular complexity index is 835. The van der Waals surface area contributed by atoms with Crippen molar-refractivity contribution in [2.45, 2.75) is 33.6 Å². The van der Waals surface area contributed by atoms with Crippen LogP contribution in [0, 0.1) is 6.92 Å². The topological polar surface area (TPSA) is 44.8 Å². The summed E-state index contributed by atoms with van der Waals surface area (Å²) in [6.45, 7) is 11.5. The Morgan fingerprint density at radius 2 is 1.66 bits per heavy atom. The van der Waals surface area contributed by atoms with E-state index in [1.165, 1.54) is 0 Å². The van der Waals surface area contributed by atoms with Crippen molar-refractivity contribution in [2.75, 3.05) is 19.8 Å². The molecule has 0 saturated carbocycles. The molecule has 4 nitrogen and oxygen atoms in total. The lowest BCUT2D eigenvalue weighted by Gasteiger charge is -2.14. The van der Waals surface area contributed by atoms with Crippen molar-refractivity contribution in [1.82, 2.24) is 0 Å².